The largest absolute Gasteiger partial charge is 0.381 e. The van der Waals surface area contributed by atoms with Gasteiger partial charge in [-0.3, -0.25) is 0 Å². The second-order valence-corrected chi connectivity index (χ2v) is 6.42. The van der Waals surface area contributed by atoms with Gasteiger partial charge in [-0.2, -0.15) is 11.8 Å². The van der Waals surface area contributed by atoms with Gasteiger partial charge in [-0.05, 0) is 38.6 Å². The molecule has 2 nitrogen and oxygen atoms in total. The first-order chi connectivity index (χ1) is 7.90. The van der Waals surface area contributed by atoms with E-state index in [4.69, 9.17) is 4.74 Å². The molecule has 0 spiro atoms. The Hall–Kier alpha value is 0.270. The number of hydrogen-bond acceptors (Lipinski definition) is 3. The lowest BCUT2D eigenvalue weighted by Gasteiger charge is -2.30. The maximum absolute atomic E-state index is 5.44. The van der Waals surface area contributed by atoms with Crippen molar-refractivity contribution in [2.75, 3.05) is 26.0 Å². The van der Waals surface area contributed by atoms with Crippen LogP contribution >= 0.6 is 11.8 Å². The molecule has 1 aliphatic heterocycles. The van der Waals surface area contributed by atoms with Gasteiger partial charge in [-0.1, -0.05) is 12.8 Å². The van der Waals surface area contributed by atoms with Crippen LogP contribution in [0.15, 0.2) is 0 Å². The topological polar surface area (TPSA) is 21.3 Å². The number of ether oxygens (including phenoxy) is 1. The molecule has 0 aromatic rings. The summed E-state index contributed by atoms with van der Waals surface area (Å²) in [6, 6.07) is 0.703. The molecule has 1 saturated carbocycles. The monoisotopic (exact) mass is 243 g/mol. The number of rotatable bonds is 5. The molecule has 0 aromatic carbocycles. The minimum Gasteiger partial charge on any atom is -0.381 e. The standard InChI is InChI=1S/C13H25NOS/c1-14-13(11-6-8-15-9-7-11)10-16-12-4-2-3-5-12/h11-14H,2-10H2,1H3. The average Bonchev–Trinajstić information content (AvgIpc) is 2.84. The van der Waals surface area contributed by atoms with Crippen molar-refractivity contribution < 1.29 is 4.74 Å². The van der Waals surface area contributed by atoms with Crippen LogP contribution in [0.4, 0.5) is 0 Å². The van der Waals surface area contributed by atoms with Crippen molar-refractivity contribution in [2.24, 2.45) is 5.92 Å². The van der Waals surface area contributed by atoms with Gasteiger partial charge in [0, 0.05) is 30.3 Å². The van der Waals surface area contributed by atoms with Gasteiger partial charge in [0.25, 0.3) is 0 Å². The molecule has 1 unspecified atom stereocenters. The summed E-state index contributed by atoms with van der Waals surface area (Å²) in [6.45, 7) is 1.94. The fourth-order valence-electron chi connectivity index (χ4n) is 2.87. The van der Waals surface area contributed by atoms with E-state index in [2.05, 4.69) is 24.1 Å². The molecule has 1 atom stereocenters. The zero-order valence-corrected chi connectivity index (χ0v) is 11.2. The summed E-state index contributed by atoms with van der Waals surface area (Å²) in [6.07, 6.45) is 8.32. The summed E-state index contributed by atoms with van der Waals surface area (Å²) in [5, 5.41) is 4.47. The fourth-order valence-corrected chi connectivity index (χ4v) is 4.45. The van der Waals surface area contributed by atoms with E-state index in [1.807, 2.05) is 0 Å². The predicted molar refractivity (Wildman–Crippen MR) is 71.1 cm³/mol. The van der Waals surface area contributed by atoms with Gasteiger partial charge in [0.15, 0.2) is 0 Å². The van der Waals surface area contributed by atoms with Gasteiger partial charge < -0.3 is 10.1 Å². The number of hydrogen-bond donors (Lipinski definition) is 1. The minimum absolute atomic E-state index is 0.703. The molecule has 1 aliphatic carbocycles. The Morgan fingerprint density at radius 3 is 2.50 bits per heavy atom. The van der Waals surface area contributed by atoms with E-state index in [9.17, 15) is 0 Å². The van der Waals surface area contributed by atoms with Gasteiger partial charge in [-0.25, -0.2) is 0 Å². The quantitative estimate of drug-likeness (QED) is 0.802. The Balaban J connectivity index is 1.70. The third-order valence-electron chi connectivity index (χ3n) is 4.02. The highest BCUT2D eigenvalue weighted by atomic mass is 32.2. The van der Waals surface area contributed by atoms with Gasteiger partial charge in [0.2, 0.25) is 0 Å². The molecule has 2 fully saturated rings. The third-order valence-corrected chi connectivity index (χ3v) is 5.51. The van der Waals surface area contributed by atoms with Crippen LogP contribution in [0.25, 0.3) is 0 Å². The van der Waals surface area contributed by atoms with E-state index < -0.39 is 0 Å². The van der Waals surface area contributed by atoms with Crippen molar-refractivity contribution in [1.82, 2.24) is 5.32 Å². The molecule has 3 heteroatoms. The summed E-state index contributed by atoms with van der Waals surface area (Å²) >= 11 is 2.21. The van der Waals surface area contributed by atoms with Crippen molar-refractivity contribution in [1.29, 1.82) is 0 Å². The van der Waals surface area contributed by atoms with Crippen LogP contribution in [0.3, 0.4) is 0 Å². The maximum atomic E-state index is 5.44. The highest BCUT2D eigenvalue weighted by molar-refractivity contribution is 7.99. The van der Waals surface area contributed by atoms with Crippen molar-refractivity contribution >= 4 is 11.8 Å². The summed E-state index contributed by atoms with van der Waals surface area (Å²) in [5.74, 6) is 2.14. The van der Waals surface area contributed by atoms with Crippen molar-refractivity contribution in [3.05, 3.63) is 0 Å². The van der Waals surface area contributed by atoms with Crippen LogP contribution in [-0.4, -0.2) is 37.3 Å². The predicted octanol–water partition coefficient (Wildman–Crippen LogP) is 2.68. The first-order valence-electron chi connectivity index (χ1n) is 6.76. The average molecular weight is 243 g/mol. The van der Waals surface area contributed by atoms with E-state index in [0.717, 1.165) is 24.4 Å². The number of nitrogens with one attached hydrogen (secondary N) is 1. The molecule has 0 amide bonds. The van der Waals surface area contributed by atoms with E-state index in [0.29, 0.717) is 6.04 Å². The van der Waals surface area contributed by atoms with Gasteiger partial charge in [0.05, 0.1) is 0 Å². The first-order valence-corrected chi connectivity index (χ1v) is 7.81. The maximum Gasteiger partial charge on any atom is 0.0469 e. The fraction of sp³-hybridized carbons (Fsp3) is 1.00. The summed E-state index contributed by atoms with van der Waals surface area (Å²) in [7, 11) is 2.12. The lowest BCUT2D eigenvalue weighted by molar-refractivity contribution is 0.0575. The van der Waals surface area contributed by atoms with Crippen LogP contribution in [0.2, 0.25) is 0 Å². The van der Waals surface area contributed by atoms with Gasteiger partial charge in [-0.15, -0.1) is 0 Å². The molecule has 0 aromatic heterocycles. The van der Waals surface area contributed by atoms with Crippen molar-refractivity contribution in [3.8, 4) is 0 Å². The first kappa shape index (κ1) is 12.7. The Kier molecular flexibility index (Phi) is 5.46. The molecule has 0 bridgehead atoms. The molecule has 1 heterocycles. The Morgan fingerprint density at radius 1 is 1.19 bits per heavy atom. The second-order valence-electron chi connectivity index (χ2n) is 5.08. The van der Waals surface area contributed by atoms with Crippen molar-refractivity contribution in [2.45, 2.75) is 49.8 Å². The minimum atomic E-state index is 0.703. The van der Waals surface area contributed by atoms with E-state index >= 15 is 0 Å². The van der Waals surface area contributed by atoms with Crippen LogP contribution in [0.1, 0.15) is 38.5 Å². The second kappa shape index (κ2) is 6.87. The van der Waals surface area contributed by atoms with Crippen LogP contribution in [0.5, 0.6) is 0 Å². The molecule has 2 rings (SSSR count). The van der Waals surface area contributed by atoms with Crippen LogP contribution in [0, 0.1) is 5.92 Å². The molecule has 2 aliphatic rings. The molecule has 0 radical (unpaired) electrons. The zero-order valence-electron chi connectivity index (χ0n) is 10.4. The molecular weight excluding hydrogens is 218 g/mol. The smallest absolute Gasteiger partial charge is 0.0469 e. The van der Waals surface area contributed by atoms with E-state index in [1.54, 1.807) is 0 Å². The SMILES string of the molecule is CNC(CSC1CCCC1)C1CCOCC1. The Bertz CT molecular complexity index is 188. The number of thioether (sulfide) groups is 1. The lowest BCUT2D eigenvalue weighted by Crippen LogP contribution is -2.39. The summed E-state index contributed by atoms with van der Waals surface area (Å²) < 4.78 is 5.44. The lowest BCUT2D eigenvalue weighted by atomic mass is 9.93. The van der Waals surface area contributed by atoms with E-state index in [1.165, 1.54) is 44.3 Å². The van der Waals surface area contributed by atoms with Crippen LogP contribution < -0.4 is 5.32 Å². The highest BCUT2D eigenvalue weighted by Gasteiger charge is 2.24. The molecule has 1 saturated heterocycles. The van der Waals surface area contributed by atoms with Crippen LogP contribution in [-0.2, 0) is 4.74 Å². The molecule has 1 N–H and O–H groups in total. The summed E-state index contributed by atoms with van der Waals surface area (Å²) in [4.78, 5) is 0. The van der Waals surface area contributed by atoms with Gasteiger partial charge in [0.1, 0.15) is 0 Å². The Labute approximate surface area is 104 Å². The Morgan fingerprint density at radius 2 is 1.88 bits per heavy atom. The van der Waals surface area contributed by atoms with Crippen molar-refractivity contribution in [3.63, 3.8) is 0 Å². The molecule has 16 heavy (non-hydrogen) atoms. The highest BCUT2D eigenvalue weighted by Crippen LogP contribution is 2.31. The summed E-state index contributed by atoms with van der Waals surface area (Å²) in [5.41, 5.74) is 0. The van der Waals surface area contributed by atoms with E-state index in [-0.39, 0.29) is 0 Å². The zero-order chi connectivity index (χ0) is 11.2. The molecular formula is C13H25NOS. The molecule has 94 valence electrons. The normalized spacial score (nSPS) is 26.1. The third kappa shape index (κ3) is 3.64. The van der Waals surface area contributed by atoms with Gasteiger partial charge >= 0.3 is 0 Å².